The molecule has 0 N–H and O–H groups in total. The van der Waals surface area contributed by atoms with Gasteiger partial charge in [-0.3, -0.25) is 19.7 Å². The van der Waals surface area contributed by atoms with Crippen LogP contribution in [0.4, 0.5) is 11.4 Å². The maximum Gasteiger partial charge on any atom is 0.275 e. The van der Waals surface area contributed by atoms with Gasteiger partial charge < -0.3 is 14.2 Å². The number of anilines is 1. The lowest BCUT2D eigenvalue weighted by Gasteiger charge is -2.18. The molecule has 4 atom stereocenters. The van der Waals surface area contributed by atoms with Gasteiger partial charge in [-0.05, 0) is 37.1 Å². The largest absolute Gasteiger partial charge is 0.497 e. The molecule has 3 heterocycles. The fourth-order valence-corrected chi connectivity index (χ4v) is 4.61. The quantitative estimate of drug-likeness (QED) is 0.423. The van der Waals surface area contributed by atoms with E-state index in [0.29, 0.717) is 11.5 Å². The summed E-state index contributed by atoms with van der Waals surface area (Å²) in [5, 5.41) is 11.5. The molecular formula is C21H18N2O7. The van der Waals surface area contributed by atoms with Crippen molar-refractivity contribution in [2.45, 2.75) is 25.0 Å². The molecule has 2 amide bonds. The maximum atomic E-state index is 13.0. The third-order valence-electron chi connectivity index (χ3n) is 5.92. The van der Waals surface area contributed by atoms with Crippen molar-refractivity contribution in [3.8, 4) is 17.2 Å². The van der Waals surface area contributed by atoms with Crippen molar-refractivity contribution >= 4 is 23.2 Å². The zero-order valence-electron chi connectivity index (χ0n) is 16.0. The highest BCUT2D eigenvalue weighted by Gasteiger charge is 2.62. The lowest BCUT2D eigenvalue weighted by atomic mass is 9.81. The van der Waals surface area contributed by atoms with Gasteiger partial charge in [0.05, 0.1) is 47.8 Å². The van der Waals surface area contributed by atoms with Crippen molar-refractivity contribution in [1.82, 2.24) is 0 Å². The number of carbonyl (C=O) groups excluding carboxylic acids is 2. The summed E-state index contributed by atoms with van der Waals surface area (Å²) in [5.74, 6) is -0.534. The monoisotopic (exact) mass is 410 g/mol. The van der Waals surface area contributed by atoms with Gasteiger partial charge in [0.2, 0.25) is 11.8 Å². The number of nitrogens with zero attached hydrogens (tertiary/aromatic N) is 2. The normalized spacial score (nSPS) is 26.8. The van der Waals surface area contributed by atoms with E-state index in [-0.39, 0.29) is 41.1 Å². The van der Waals surface area contributed by atoms with Crippen LogP contribution in [0.1, 0.15) is 12.8 Å². The van der Waals surface area contributed by atoms with Gasteiger partial charge in [-0.1, -0.05) is 0 Å². The van der Waals surface area contributed by atoms with Crippen LogP contribution in [0.25, 0.3) is 0 Å². The molecule has 0 unspecified atom stereocenters. The zero-order chi connectivity index (χ0) is 21.0. The average molecular weight is 410 g/mol. The van der Waals surface area contributed by atoms with Crippen LogP contribution in [0.5, 0.6) is 17.2 Å². The number of hydrogen-bond acceptors (Lipinski definition) is 7. The molecule has 0 aliphatic carbocycles. The zero-order valence-corrected chi connectivity index (χ0v) is 16.0. The summed E-state index contributed by atoms with van der Waals surface area (Å²) in [6.07, 6.45) is 0.990. The Morgan fingerprint density at radius 3 is 2.13 bits per heavy atom. The van der Waals surface area contributed by atoms with Crippen LogP contribution in [0.3, 0.4) is 0 Å². The number of nitro groups is 1. The van der Waals surface area contributed by atoms with Gasteiger partial charge >= 0.3 is 0 Å². The first-order chi connectivity index (χ1) is 14.5. The van der Waals surface area contributed by atoms with Crippen molar-refractivity contribution in [3.63, 3.8) is 0 Å². The summed E-state index contributed by atoms with van der Waals surface area (Å²) in [6, 6.07) is 10.6. The number of benzene rings is 2. The molecule has 0 aromatic heterocycles. The summed E-state index contributed by atoms with van der Waals surface area (Å²) >= 11 is 0. The van der Waals surface area contributed by atoms with Gasteiger partial charge in [0.1, 0.15) is 17.2 Å². The number of carbonyl (C=O) groups is 2. The van der Waals surface area contributed by atoms with E-state index in [9.17, 15) is 19.7 Å². The Labute approximate surface area is 171 Å². The topological polar surface area (TPSA) is 108 Å². The highest BCUT2D eigenvalue weighted by atomic mass is 16.6. The fourth-order valence-electron chi connectivity index (χ4n) is 4.61. The van der Waals surface area contributed by atoms with E-state index in [1.54, 1.807) is 31.4 Å². The molecule has 154 valence electrons. The van der Waals surface area contributed by atoms with Crippen LogP contribution in [0.2, 0.25) is 0 Å². The smallest absolute Gasteiger partial charge is 0.275 e. The molecule has 0 radical (unpaired) electrons. The van der Waals surface area contributed by atoms with Crippen molar-refractivity contribution in [2.75, 3.05) is 12.0 Å². The number of hydrogen-bond donors (Lipinski definition) is 0. The maximum absolute atomic E-state index is 13.0. The summed E-state index contributed by atoms with van der Waals surface area (Å²) < 4.78 is 16.6. The van der Waals surface area contributed by atoms with Crippen molar-refractivity contribution < 1.29 is 28.7 Å². The molecule has 3 fully saturated rings. The molecule has 0 saturated carbocycles. The highest BCUT2D eigenvalue weighted by molar-refractivity contribution is 6.23. The van der Waals surface area contributed by atoms with Crippen LogP contribution in [0.15, 0.2) is 42.5 Å². The van der Waals surface area contributed by atoms with Gasteiger partial charge in [0.15, 0.2) is 0 Å². The SMILES string of the molecule is COc1ccc(Oc2cc(N3C(=O)[C@@H]4[C@@H](C3=O)[C@H]3CC[C@H]4O3)cc([N+](=O)[O-])c2)cc1. The number of amides is 2. The lowest BCUT2D eigenvalue weighted by Crippen LogP contribution is -2.34. The number of rotatable bonds is 5. The number of fused-ring (bicyclic) bond motifs is 5. The molecule has 9 nitrogen and oxygen atoms in total. The van der Waals surface area contributed by atoms with Crippen LogP contribution in [0, 0.1) is 22.0 Å². The lowest BCUT2D eigenvalue weighted by molar-refractivity contribution is -0.384. The number of ether oxygens (including phenoxy) is 3. The Kier molecular flexibility index (Phi) is 4.21. The average Bonchev–Trinajstić information content (AvgIpc) is 3.42. The molecule has 3 aliphatic heterocycles. The Bertz CT molecular complexity index is 1020. The first kappa shape index (κ1) is 18.6. The minimum atomic E-state index is -0.580. The van der Waals surface area contributed by atoms with Crippen molar-refractivity contribution in [2.24, 2.45) is 11.8 Å². The van der Waals surface area contributed by atoms with E-state index >= 15 is 0 Å². The molecule has 3 saturated heterocycles. The molecule has 2 aromatic rings. The van der Waals surface area contributed by atoms with E-state index < -0.39 is 16.8 Å². The molecule has 2 aromatic carbocycles. The van der Waals surface area contributed by atoms with Crippen molar-refractivity contribution in [1.29, 1.82) is 0 Å². The molecule has 2 bridgehead atoms. The molecular weight excluding hydrogens is 392 g/mol. The van der Waals surface area contributed by atoms with Crippen molar-refractivity contribution in [3.05, 3.63) is 52.6 Å². The number of non-ortho nitro benzene ring substituents is 1. The van der Waals surface area contributed by atoms with Gasteiger partial charge in [-0.15, -0.1) is 0 Å². The summed E-state index contributed by atoms with van der Waals surface area (Å²) in [5.41, 5.74) is -0.135. The Hall–Kier alpha value is -3.46. The van der Waals surface area contributed by atoms with Gasteiger partial charge in [-0.25, -0.2) is 4.90 Å². The van der Waals surface area contributed by atoms with Gasteiger partial charge in [-0.2, -0.15) is 0 Å². The second-order valence-electron chi connectivity index (χ2n) is 7.57. The third-order valence-corrected chi connectivity index (χ3v) is 5.92. The second kappa shape index (κ2) is 6.81. The number of imide groups is 1. The second-order valence-corrected chi connectivity index (χ2v) is 7.57. The first-order valence-electron chi connectivity index (χ1n) is 9.61. The standard InChI is InChI=1S/C21H18N2O7/c1-28-13-2-4-14(5-3-13)29-15-9-11(8-12(10-15)23(26)27)22-20(24)18-16-6-7-17(30-16)19(18)21(22)25/h2-5,8-10,16-19H,6-7H2,1H3/t16-,17-,18+,19+/m1/s1. The predicted molar refractivity (Wildman–Crippen MR) is 104 cm³/mol. The van der Waals surface area contributed by atoms with Crippen LogP contribution < -0.4 is 14.4 Å². The van der Waals surface area contributed by atoms with Gasteiger partial charge in [0, 0.05) is 12.1 Å². The highest BCUT2D eigenvalue weighted by Crippen LogP contribution is 2.50. The molecule has 9 heteroatoms. The Morgan fingerprint density at radius 1 is 0.967 bits per heavy atom. The van der Waals surface area contributed by atoms with Gasteiger partial charge in [0.25, 0.3) is 5.69 Å². The third kappa shape index (κ3) is 2.81. The van der Waals surface area contributed by atoms with E-state index in [1.807, 2.05) is 0 Å². The number of nitro benzene ring substituents is 1. The van der Waals surface area contributed by atoms with E-state index in [4.69, 9.17) is 14.2 Å². The molecule has 5 rings (SSSR count). The first-order valence-corrected chi connectivity index (χ1v) is 9.61. The molecule has 3 aliphatic rings. The van der Waals surface area contributed by atoms with Crippen LogP contribution >= 0.6 is 0 Å². The summed E-state index contributed by atoms with van der Waals surface area (Å²) in [7, 11) is 1.54. The van der Waals surface area contributed by atoms with E-state index in [2.05, 4.69) is 0 Å². The van der Waals surface area contributed by atoms with E-state index in [1.165, 1.54) is 18.2 Å². The summed E-state index contributed by atoms with van der Waals surface area (Å²) in [6.45, 7) is 0. The Morgan fingerprint density at radius 2 is 1.57 bits per heavy atom. The fraction of sp³-hybridized carbons (Fsp3) is 0.333. The molecule has 0 spiro atoms. The number of methoxy groups -OCH3 is 1. The van der Waals surface area contributed by atoms with E-state index in [0.717, 1.165) is 17.7 Å². The molecule has 30 heavy (non-hydrogen) atoms. The minimum Gasteiger partial charge on any atom is -0.497 e. The Balaban J connectivity index is 1.49. The van der Waals surface area contributed by atoms with Crippen LogP contribution in [-0.4, -0.2) is 36.1 Å². The summed E-state index contributed by atoms with van der Waals surface area (Å²) in [4.78, 5) is 37.9. The predicted octanol–water partition coefficient (Wildman–Crippen LogP) is 3.06. The van der Waals surface area contributed by atoms with Crippen LogP contribution in [-0.2, 0) is 14.3 Å². The minimum absolute atomic E-state index is 0.136.